The SMILES string of the molecule is CC1(C)CCc2[nH]cc(C(=O)Nc3cccnc3)c2C1=O. The third kappa shape index (κ3) is 2.35. The minimum absolute atomic E-state index is 0.0290. The first-order valence-corrected chi connectivity index (χ1v) is 6.95. The largest absolute Gasteiger partial charge is 0.364 e. The van der Waals surface area contributed by atoms with Crippen LogP contribution in [0.5, 0.6) is 0 Å². The van der Waals surface area contributed by atoms with Gasteiger partial charge in [0.05, 0.1) is 23.0 Å². The fraction of sp³-hybridized carbons (Fsp3) is 0.312. The highest BCUT2D eigenvalue weighted by Crippen LogP contribution is 2.36. The van der Waals surface area contributed by atoms with Gasteiger partial charge in [-0.15, -0.1) is 0 Å². The second-order valence-electron chi connectivity index (χ2n) is 5.96. The maximum Gasteiger partial charge on any atom is 0.257 e. The number of aryl methyl sites for hydroxylation is 1. The number of pyridine rings is 1. The zero-order valence-electron chi connectivity index (χ0n) is 12.1. The molecule has 0 saturated heterocycles. The smallest absolute Gasteiger partial charge is 0.257 e. The normalized spacial score (nSPS) is 16.4. The van der Waals surface area contributed by atoms with Gasteiger partial charge in [0.1, 0.15) is 0 Å². The number of H-pyrrole nitrogens is 1. The van der Waals surface area contributed by atoms with Gasteiger partial charge < -0.3 is 10.3 Å². The van der Waals surface area contributed by atoms with Crippen LogP contribution in [0.2, 0.25) is 0 Å². The third-order valence-electron chi connectivity index (χ3n) is 3.97. The average Bonchev–Trinajstić information content (AvgIpc) is 2.89. The second-order valence-corrected chi connectivity index (χ2v) is 5.96. The highest BCUT2D eigenvalue weighted by Gasteiger charge is 2.37. The molecule has 3 rings (SSSR count). The first-order chi connectivity index (χ1) is 9.99. The number of hydrogen-bond donors (Lipinski definition) is 2. The van der Waals surface area contributed by atoms with Crippen molar-refractivity contribution in [2.75, 3.05) is 5.32 Å². The number of fused-ring (bicyclic) bond motifs is 1. The zero-order chi connectivity index (χ0) is 15.0. The van der Waals surface area contributed by atoms with Crippen molar-refractivity contribution in [1.82, 2.24) is 9.97 Å². The molecule has 0 spiro atoms. The summed E-state index contributed by atoms with van der Waals surface area (Å²) < 4.78 is 0. The molecule has 0 aromatic carbocycles. The molecule has 1 amide bonds. The van der Waals surface area contributed by atoms with Gasteiger partial charge in [-0.3, -0.25) is 14.6 Å². The van der Waals surface area contributed by atoms with Crippen molar-refractivity contribution in [1.29, 1.82) is 0 Å². The minimum Gasteiger partial charge on any atom is -0.364 e. The highest BCUT2D eigenvalue weighted by molar-refractivity contribution is 6.15. The lowest BCUT2D eigenvalue weighted by Crippen LogP contribution is -2.31. The summed E-state index contributed by atoms with van der Waals surface area (Å²) in [5.74, 6) is -0.257. The van der Waals surface area contributed by atoms with Crippen molar-refractivity contribution in [3.8, 4) is 0 Å². The number of nitrogens with zero attached hydrogens (tertiary/aromatic N) is 1. The van der Waals surface area contributed by atoms with Gasteiger partial charge in [-0.05, 0) is 25.0 Å². The van der Waals surface area contributed by atoms with Crippen LogP contribution in [0, 0.1) is 5.41 Å². The van der Waals surface area contributed by atoms with Gasteiger partial charge in [0, 0.05) is 23.5 Å². The van der Waals surface area contributed by atoms with Crippen LogP contribution in [0.1, 0.15) is 46.7 Å². The van der Waals surface area contributed by atoms with E-state index in [9.17, 15) is 9.59 Å². The van der Waals surface area contributed by atoms with Crippen molar-refractivity contribution in [3.63, 3.8) is 0 Å². The van der Waals surface area contributed by atoms with E-state index in [0.29, 0.717) is 16.8 Å². The summed E-state index contributed by atoms with van der Waals surface area (Å²) in [5, 5.41) is 2.77. The first-order valence-electron chi connectivity index (χ1n) is 6.95. The quantitative estimate of drug-likeness (QED) is 0.890. The predicted molar refractivity (Wildman–Crippen MR) is 79.4 cm³/mol. The molecular formula is C16H17N3O2. The van der Waals surface area contributed by atoms with Crippen LogP contribution in [-0.2, 0) is 6.42 Å². The molecule has 1 aliphatic rings. The Hall–Kier alpha value is -2.43. The van der Waals surface area contributed by atoms with Crippen LogP contribution in [0.4, 0.5) is 5.69 Å². The van der Waals surface area contributed by atoms with E-state index in [1.807, 2.05) is 13.8 Å². The van der Waals surface area contributed by atoms with E-state index >= 15 is 0 Å². The van der Waals surface area contributed by atoms with Crippen LogP contribution < -0.4 is 5.32 Å². The molecule has 0 radical (unpaired) electrons. The van der Waals surface area contributed by atoms with E-state index < -0.39 is 5.41 Å². The van der Waals surface area contributed by atoms with Crippen molar-refractivity contribution in [2.24, 2.45) is 5.41 Å². The Morgan fingerprint density at radius 1 is 1.43 bits per heavy atom. The van der Waals surface area contributed by atoms with Gasteiger partial charge in [-0.1, -0.05) is 13.8 Å². The van der Waals surface area contributed by atoms with Crippen molar-refractivity contribution in [3.05, 3.63) is 47.5 Å². The predicted octanol–water partition coefficient (Wildman–Crippen LogP) is 2.82. The number of rotatable bonds is 2. The lowest BCUT2D eigenvalue weighted by molar-refractivity contribution is 0.0805. The number of ketones is 1. The standard InChI is InChI=1S/C16H17N3O2/c1-16(2)6-5-12-13(14(16)20)11(9-18-12)15(21)19-10-4-3-7-17-8-10/h3-4,7-9,18H,5-6H2,1-2H3,(H,19,21). The van der Waals surface area contributed by atoms with E-state index in [1.54, 1.807) is 30.7 Å². The van der Waals surface area contributed by atoms with Crippen LogP contribution in [0.25, 0.3) is 0 Å². The molecule has 2 heterocycles. The van der Waals surface area contributed by atoms with E-state index in [-0.39, 0.29) is 11.7 Å². The van der Waals surface area contributed by atoms with Crippen LogP contribution in [-0.4, -0.2) is 21.7 Å². The summed E-state index contributed by atoms with van der Waals surface area (Å²) in [5.41, 5.74) is 1.99. The summed E-state index contributed by atoms with van der Waals surface area (Å²) >= 11 is 0. The minimum atomic E-state index is -0.418. The van der Waals surface area contributed by atoms with Crippen LogP contribution in [0.3, 0.4) is 0 Å². The Labute approximate surface area is 122 Å². The molecule has 21 heavy (non-hydrogen) atoms. The summed E-state index contributed by atoms with van der Waals surface area (Å²) in [7, 11) is 0. The fourth-order valence-corrected chi connectivity index (χ4v) is 2.63. The van der Waals surface area contributed by atoms with E-state index in [2.05, 4.69) is 15.3 Å². The Balaban J connectivity index is 1.93. The lowest BCUT2D eigenvalue weighted by Gasteiger charge is -2.28. The van der Waals surface area contributed by atoms with Gasteiger partial charge in [-0.25, -0.2) is 0 Å². The molecule has 0 bridgehead atoms. The first kappa shape index (κ1) is 13.5. The topological polar surface area (TPSA) is 74.8 Å². The van der Waals surface area contributed by atoms with E-state index in [0.717, 1.165) is 18.5 Å². The maximum absolute atomic E-state index is 12.6. The number of hydrogen-bond acceptors (Lipinski definition) is 3. The molecular weight excluding hydrogens is 266 g/mol. The zero-order valence-corrected chi connectivity index (χ0v) is 12.1. The summed E-state index contributed by atoms with van der Waals surface area (Å²) in [6.07, 6.45) is 6.41. The molecule has 2 N–H and O–H groups in total. The van der Waals surface area contributed by atoms with Crippen molar-refractivity contribution < 1.29 is 9.59 Å². The third-order valence-corrected chi connectivity index (χ3v) is 3.97. The van der Waals surface area contributed by atoms with Gasteiger partial charge in [0.15, 0.2) is 5.78 Å². The Morgan fingerprint density at radius 3 is 2.95 bits per heavy atom. The summed E-state index contributed by atoms with van der Waals surface area (Å²) in [6, 6.07) is 3.51. The fourth-order valence-electron chi connectivity index (χ4n) is 2.63. The van der Waals surface area contributed by atoms with E-state index in [4.69, 9.17) is 0 Å². The molecule has 5 nitrogen and oxygen atoms in total. The number of carbonyl (C=O) groups is 2. The number of anilines is 1. The molecule has 2 aromatic rings. The number of amides is 1. The van der Waals surface area contributed by atoms with Crippen molar-refractivity contribution >= 4 is 17.4 Å². The Kier molecular flexibility index (Phi) is 3.12. The van der Waals surface area contributed by atoms with Gasteiger partial charge in [0.2, 0.25) is 0 Å². The van der Waals surface area contributed by atoms with Gasteiger partial charge >= 0.3 is 0 Å². The molecule has 1 aliphatic carbocycles. The maximum atomic E-state index is 12.6. The molecule has 2 aromatic heterocycles. The Bertz CT molecular complexity index is 702. The number of nitrogens with one attached hydrogen (secondary N) is 2. The molecule has 0 atom stereocenters. The monoisotopic (exact) mass is 283 g/mol. The van der Waals surface area contributed by atoms with E-state index in [1.165, 1.54) is 0 Å². The number of aromatic amines is 1. The number of Topliss-reactive ketones (excluding diaryl/α,β-unsaturated/α-hetero) is 1. The number of carbonyl (C=O) groups excluding carboxylic acids is 2. The molecule has 0 unspecified atom stereocenters. The van der Waals surface area contributed by atoms with Gasteiger partial charge in [-0.2, -0.15) is 0 Å². The molecule has 0 aliphatic heterocycles. The highest BCUT2D eigenvalue weighted by atomic mass is 16.2. The molecule has 0 saturated carbocycles. The average molecular weight is 283 g/mol. The molecule has 108 valence electrons. The summed E-state index contributed by atoms with van der Waals surface area (Å²) in [4.78, 5) is 32.0. The van der Waals surface area contributed by atoms with Crippen LogP contribution >= 0.6 is 0 Å². The lowest BCUT2D eigenvalue weighted by atomic mass is 9.74. The van der Waals surface area contributed by atoms with Gasteiger partial charge in [0.25, 0.3) is 5.91 Å². The second kappa shape index (κ2) is 4.84. The van der Waals surface area contributed by atoms with Crippen LogP contribution in [0.15, 0.2) is 30.7 Å². The molecule has 5 heteroatoms. The molecule has 0 fully saturated rings. The number of aromatic nitrogens is 2. The van der Waals surface area contributed by atoms with Crippen molar-refractivity contribution in [2.45, 2.75) is 26.7 Å². The summed E-state index contributed by atoms with van der Waals surface area (Å²) in [6.45, 7) is 3.85. The Morgan fingerprint density at radius 2 is 2.24 bits per heavy atom.